The predicted octanol–water partition coefficient (Wildman–Crippen LogP) is 3.49. The zero-order chi connectivity index (χ0) is 15.5. The zero-order valence-electron chi connectivity index (χ0n) is 12.1. The molecule has 1 aromatic carbocycles. The molecule has 0 radical (unpaired) electrons. The van der Waals surface area contributed by atoms with Crippen LogP contribution in [0.2, 0.25) is 0 Å². The van der Waals surface area contributed by atoms with E-state index in [-0.39, 0.29) is 12.1 Å². The number of benzene rings is 1. The van der Waals surface area contributed by atoms with E-state index in [1.165, 1.54) is 6.07 Å². The summed E-state index contributed by atoms with van der Waals surface area (Å²) in [6.07, 6.45) is 4.66. The van der Waals surface area contributed by atoms with Gasteiger partial charge in [-0.2, -0.15) is 0 Å². The van der Waals surface area contributed by atoms with Crippen molar-refractivity contribution in [3.8, 4) is 0 Å². The quantitative estimate of drug-likeness (QED) is 0.640. The molecule has 0 aliphatic heterocycles. The summed E-state index contributed by atoms with van der Waals surface area (Å²) in [7, 11) is 0. The third kappa shape index (κ3) is 3.71. The monoisotopic (exact) mass is 292 g/mol. The van der Waals surface area contributed by atoms with Crippen LogP contribution in [0.15, 0.2) is 18.2 Å². The Morgan fingerprint density at radius 1 is 1.38 bits per heavy atom. The van der Waals surface area contributed by atoms with Crippen molar-refractivity contribution in [3.63, 3.8) is 0 Å². The van der Waals surface area contributed by atoms with Gasteiger partial charge < -0.3 is 10.4 Å². The molecule has 0 aromatic heterocycles. The van der Waals surface area contributed by atoms with Crippen LogP contribution in [0.3, 0.4) is 0 Å². The molecule has 0 amide bonds. The topological polar surface area (TPSA) is 92.5 Å². The number of carboxylic acid groups (broad SMARTS) is 1. The smallest absolute Gasteiger partial charge is 0.305 e. The number of hydrogen-bond donors (Lipinski definition) is 2. The van der Waals surface area contributed by atoms with Crippen LogP contribution in [-0.2, 0) is 4.79 Å². The van der Waals surface area contributed by atoms with Gasteiger partial charge in [-0.3, -0.25) is 14.9 Å². The lowest BCUT2D eigenvalue weighted by Gasteiger charge is -2.38. The highest BCUT2D eigenvalue weighted by Gasteiger charge is 2.34. The Hall–Kier alpha value is -2.11. The van der Waals surface area contributed by atoms with Gasteiger partial charge in [0, 0.05) is 22.9 Å². The van der Waals surface area contributed by atoms with Crippen molar-refractivity contribution in [2.45, 2.75) is 51.0 Å². The van der Waals surface area contributed by atoms with E-state index in [9.17, 15) is 14.9 Å². The van der Waals surface area contributed by atoms with Crippen LogP contribution < -0.4 is 5.32 Å². The van der Waals surface area contributed by atoms with E-state index in [0.29, 0.717) is 11.3 Å². The van der Waals surface area contributed by atoms with E-state index < -0.39 is 16.4 Å². The summed E-state index contributed by atoms with van der Waals surface area (Å²) >= 11 is 0. The number of nitro benzene ring substituents is 1. The molecule has 6 nitrogen and oxygen atoms in total. The van der Waals surface area contributed by atoms with Crippen LogP contribution in [0.1, 0.15) is 44.1 Å². The van der Waals surface area contributed by atoms with E-state index in [2.05, 4.69) is 5.32 Å². The molecule has 1 fully saturated rings. The molecular formula is C15H20N2O4. The van der Waals surface area contributed by atoms with E-state index in [4.69, 9.17) is 5.11 Å². The van der Waals surface area contributed by atoms with Crippen molar-refractivity contribution in [1.29, 1.82) is 0 Å². The molecule has 0 spiro atoms. The molecule has 0 unspecified atom stereocenters. The maximum Gasteiger partial charge on any atom is 0.305 e. The summed E-state index contributed by atoms with van der Waals surface area (Å²) in [4.78, 5) is 21.7. The first-order valence-corrected chi connectivity index (χ1v) is 7.17. The Morgan fingerprint density at radius 2 is 2.05 bits per heavy atom. The summed E-state index contributed by atoms with van der Waals surface area (Å²) in [6.45, 7) is 1.69. The van der Waals surface area contributed by atoms with Gasteiger partial charge >= 0.3 is 5.97 Å². The van der Waals surface area contributed by atoms with Crippen molar-refractivity contribution >= 4 is 17.3 Å². The standard InChI is InChI=1S/C15H20N2O4/c1-11-5-6-12(9-13(11)17(20)21)16-15(10-14(18)19)7-3-2-4-8-15/h5-6,9,16H,2-4,7-8,10H2,1H3,(H,18,19). The van der Waals surface area contributed by atoms with Crippen LogP contribution in [-0.4, -0.2) is 21.5 Å². The van der Waals surface area contributed by atoms with Gasteiger partial charge in [-0.25, -0.2) is 0 Å². The number of nitrogens with zero attached hydrogens (tertiary/aromatic N) is 1. The number of hydrogen-bond acceptors (Lipinski definition) is 4. The largest absolute Gasteiger partial charge is 0.481 e. The van der Waals surface area contributed by atoms with Crippen LogP contribution in [0.25, 0.3) is 0 Å². The Bertz CT molecular complexity index is 551. The minimum Gasteiger partial charge on any atom is -0.481 e. The van der Waals surface area contributed by atoms with E-state index >= 15 is 0 Å². The van der Waals surface area contributed by atoms with Gasteiger partial charge in [0.1, 0.15) is 0 Å². The molecule has 2 N–H and O–H groups in total. The molecule has 1 saturated carbocycles. The van der Waals surface area contributed by atoms with Crippen LogP contribution in [0, 0.1) is 17.0 Å². The second-order valence-corrected chi connectivity index (χ2v) is 5.79. The maximum atomic E-state index is 11.1. The molecule has 21 heavy (non-hydrogen) atoms. The molecule has 0 heterocycles. The van der Waals surface area contributed by atoms with Crippen LogP contribution in [0.5, 0.6) is 0 Å². The van der Waals surface area contributed by atoms with Crippen LogP contribution >= 0.6 is 0 Å². The molecule has 1 aromatic rings. The van der Waals surface area contributed by atoms with Crippen molar-refractivity contribution in [2.24, 2.45) is 0 Å². The van der Waals surface area contributed by atoms with Gasteiger partial charge in [0.2, 0.25) is 0 Å². The molecule has 1 aliphatic carbocycles. The fourth-order valence-corrected chi connectivity index (χ4v) is 3.05. The molecular weight excluding hydrogens is 272 g/mol. The van der Waals surface area contributed by atoms with Crippen molar-refractivity contribution in [2.75, 3.05) is 5.32 Å². The Balaban J connectivity index is 2.26. The first kappa shape index (κ1) is 15.3. The summed E-state index contributed by atoms with van der Waals surface area (Å²) < 4.78 is 0. The molecule has 6 heteroatoms. The van der Waals surface area contributed by atoms with E-state index in [1.807, 2.05) is 0 Å². The Kier molecular flexibility index (Phi) is 4.45. The van der Waals surface area contributed by atoms with E-state index in [0.717, 1.165) is 32.1 Å². The van der Waals surface area contributed by atoms with Crippen molar-refractivity contribution < 1.29 is 14.8 Å². The van der Waals surface area contributed by atoms with Gasteiger partial charge in [0.15, 0.2) is 0 Å². The normalized spacial score (nSPS) is 17.2. The third-order valence-corrected chi connectivity index (χ3v) is 4.12. The number of anilines is 1. The lowest BCUT2D eigenvalue weighted by molar-refractivity contribution is -0.385. The maximum absolute atomic E-state index is 11.1. The van der Waals surface area contributed by atoms with Crippen molar-refractivity contribution in [1.82, 2.24) is 0 Å². The Labute approximate surface area is 123 Å². The lowest BCUT2D eigenvalue weighted by atomic mass is 9.79. The van der Waals surface area contributed by atoms with Gasteiger partial charge in [0.05, 0.1) is 11.3 Å². The highest BCUT2D eigenvalue weighted by molar-refractivity contribution is 5.70. The highest BCUT2D eigenvalue weighted by atomic mass is 16.6. The van der Waals surface area contributed by atoms with E-state index in [1.54, 1.807) is 19.1 Å². The lowest BCUT2D eigenvalue weighted by Crippen LogP contribution is -2.42. The average Bonchev–Trinajstić information content (AvgIpc) is 2.40. The summed E-state index contributed by atoms with van der Waals surface area (Å²) in [5, 5.41) is 23.4. The number of carbonyl (C=O) groups is 1. The zero-order valence-corrected chi connectivity index (χ0v) is 12.1. The molecule has 1 aliphatic rings. The van der Waals surface area contributed by atoms with Crippen LogP contribution in [0.4, 0.5) is 11.4 Å². The molecule has 2 rings (SSSR count). The molecule has 0 saturated heterocycles. The summed E-state index contributed by atoms with van der Waals surface area (Å²) in [5.41, 5.74) is 0.783. The number of aryl methyl sites for hydroxylation is 1. The number of aliphatic carboxylic acids is 1. The van der Waals surface area contributed by atoms with Crippen molar-refractivity contribution in [3.05, 3.63) is 33.9 Å². The number of rotatable bonds is 5. The third-order valence-electron chi connectivity index (χ3n) is 4.12. The van der Waals surface area contributed by atoms with Gasteiger partial charge in [-0.05, 0) is 25.8 Å². The fraction of sp³-hybridized carbons (Fsp3) is 0.533. The average molecular weight is 292 g/mol. The SMILES string of the molecule is Cc1ccc(NC2(CC(=O)O)CCCCC2)cc1[N+](=O)[O-]. The Morgan fingerprint density at radius 3 is 2.62 bits per heavy atom. The number of carboxylic acids is 1. The van der Waals surface area contributed by atoms with Gasteiger partial charge in [-0.1, -0.05) is 25.3 Å². The second kappa shape index (κ2) is 6.11. The first-order chi connectivity index (χ1) is 9.92. The molecule has 0 atom stereocenters. The minimum absolute atomic E-state index is 0.0364. The molecule has 0 bridgehead atoms. The van der Waals surface area contributed by atoms with Gasteiger partial charge in [0.25, 0.3) is 5.69 Å². The second-order valence-electron chi connectivity index (χ2n) is 5.79. The molecule has 114 valence electrons. The number of nitrogens with one attached hydrogen (secondary N) is 1. The number of nitro groups is 1. The summed E-state index contributed by atoms with van der Waals surface area (Å²) in [6, 6.07) is 4.96. The predicted molar refractivity (Wildman–Crippen MR) is 79.5 cm³/mol. The fourth-order valence-electron chi connectivity index (χ4n) is 3.05. The first-order valence-electron chi connectivity index (χ1n) is 7.17. The summed E-state index contributed by atoms with van der Waals surface area (Å²) in [5.74, 6) is -0.842. The van der Waals surface area contributed by atoms with Gasteiger partial charge in [-0.15, -0.1) is 0 Å². The highest BCUT2D eigenvalue weighted by Crippen LogP contribution is 2.35. The minimum atomic E-state index is -0.842.